The average molecular weight is 333 g/mol. The van der Waals surface area contributed by atoms with Crippen LogP contribution in [0.1, 0.15) is 37.4 Å². The van der Waals surface area contributed by atoms with Gasteiger partial charge in [0.25, 0.3) is 0 Å². The van der Waals surface area contributed by atoms with Gasteiger partial charge < -0.3 is 19.9 Å². The van der Waals surface area contributed by atoms with Crippen LogP contribution in [-0.4, -0.2) is 24.9 Å². The molecule has 0 bridgehead atoms. The first kappa shape index (κ1) is 16.3. The van der Waals surface area contributed by atoms with Crippen LogP contribution in [0.3, 0.4) is 0 Å². The predicted molar refractivity (Wildman–Crippen MR) is 92.4 cm³/mol. The summed E-state index contributed by atoms with van der Waals surface area (Å²) in [5.74, 6) is 1.61. The van der Waals surface area contributed by atoms with Gasteiger partial charge in [-0.3, -0.25) is 0 Å². The normalized spacial score (nSPS) is 18.0. The SMILES string of the molecule is C[C@H](NC[C@@](C)(O)c1ccsc1)c1ccc2c(c1)OCCCO2. The Morgan fingerprint density at radius 2 is 2.04 bits per heavy atom. The molecule has 0 spiro atoms. The van der Waals surface area contributed by atoms with Crippen molar-refractivity contribution in [2.24, 2.45) is 0 Å². The highest BCUT2D eigenvalue weighted by Crippen LogP contribution is 2.32. The third-order valence-electron chi connectivity index (χ3n) is 4.17. The smallest absolute Gasteiger partial charge is 0.161 e. The Morgan fingerprint density at radius 1 is 1.26 bits per heavy atom. The van der Waals surface area contributed by atoms with E-state index in [1.165, 1.54) is 0 Å². The molecule has 1 aromatic carbocycles. The number of fused-ring (bicyclic) bond motifs is 1. The topological polar surface area (TPSA) is 50.7 Å². The van der Waals surface area contributed by atoms with Gasteiger partial charge in [-0.2, -0.15) is 11.3 Å². The first-order chi connectivity index (χ1) is 11.1. The molecule has 0 aliphatic carbocycles. The number of thiophene rings is 1. The van der Waals surface area contributed by atoms with Gasteiger partial charge in [0.15, 0.2) is 11.5 Å². The zero-order valence-electron chi connectivity index (χ0n) is 13.5. The van der Waals surface area contributed by atoms with E-state index in [2.05, 4.69) is 12.2 Å². The predicted octanol–water partition coefficient (Wildman–Crippen LogP) is 3.47. The second-order valence-electron chi connectivity index (χ2n) is 6.15. The molecule has 2 heterocycles. The van der Waals surface area contributed by atoms with Crippen molar-refractivity contribution in [2.45, 2.75) is 31.9 Å². The maximum absolute atomic E-state index is 10.6. The van der Waals surface area contributed by atoms with Gasteiger partial charge in [-0.05, 0) is 53.9 Å². The first-order valence-corrected chi connectivity index (χ1v) is 8.88. The lowest BCUT2D eigenvalue weighted by Gasteiger charge is -2.26. The Kier molecular flexibility index (Phi) is 4.90. The van der Waals surface area contributed by atoms with Crippen molar-refractivity contribution in [1.29, 1.82) is 0 Å². The van der Waals surface area contributed by atoms with E-state index in [0.717, 1.165) is 29.0 Å². The molecule has 4 nitrogen and oxygen atoms in total. The lowest BCUT2D eigenvalue weighted by Crippen LogP contribution is -2.36. The number of aliphatic hydroxyl groups is 1. The number of ether oxygens (including phenoxy) is 2. The molecule has 124 valence electrons. The molecular weight excluding hydrogens is 310 g/mol. The van der Waals surface area contributed by atoms with E-state index < -0.39 is 5.60 Å². The van der Waals surface area contributed by atoms with Gasteiger partial charge in [-0.25, -0.2) is 0 Å². The van der Waals surface area contributed by atoms with Crippen molar-refractivity contribution >= 4 is 11.3 Å². The lowest BCUT2D eigenvalue weighted by molar-refractivity contribution is 0.0548. The summed E-state index contributed by atoms with van der Waals surface area (Å²) in [4.78, 5) is 0. The van der Waals surface area contributed by atoms with Crippen molar-refractivity contribution in [3.63, 3.8) is 0 Å². The summed E-state index contributed by atoms with van der Waals surface area (Å²) < 4.78 is 11.4. The molecule has 0 amide bonds. The third kappa shape index (κ3) is 3.86. The molecule has 23 heavy (non-hydrogen) atoms. The monoisotopic (exact) mass is 333 g/mol. The van der Waals surface area contributed by atoms with E-state index in [1.807, 2.05) is 41.9 Å². The van der Waals surface area contributed by atoms with Gasteiger partial charge in [0.05, 0.1) is 13.2 Å². The number of hydrogen-bond acceptors (Lipinski definition) is 5. The highest BCUT2D eigenvalue weighted by atomic mass is 32.1. The Morgan fingerprint density at radius 3 is 2.78 bits per heavy atom. The highest BCUT2D eigenvalue weighted by Gasteiger charge is 2.24. The molecule has 0 saturated carbocycles. The molecule has 1 aromatic heterocycles. The standard InChI is InChI=1S/C18H23NO3S/c1-13(19-12-18(2,20)15-6-9-23-11-15)14-4-5-16-17(10-14)22-8-3-7-21-16/h4-6,9-11,13,19-20H,3,7-8,12H2,1-2H3/t13-,18+/m0/s1. The second-order valence-corrected chi connectivity index (χ2v) is 6.93. The average Bonchev–Trinajstić information content (AvgIpc) is 2.99. The van der Waals surface area contributed by atoms with Crippen LogP contribution in [0.25, 0.3) is 0 Å². The van der Waals surface area contributed by atoms with Crippen molar-refractivity contribution in [3.05, 3.63) is 46.2 Å². The van der Waals surface area contributed by atoms with Crippen LogP contribution in [0.15, 0.2) is 35.0 Å². The zero-order chi connectivity index (χ0) is 16.3. The van der Waals surface area contributed by atoms with Crippen LogP contribution in [0.5, 0.6) is 11.5 Å². The Bertz CT molecular complexity index is 640. The van der Waals surface area contributed by atoms with Gasteiger partial charge in [0, 0.05) is 19.0 Å². The maximum Gasteiger partial charge on any atom is 0.161 e. The van der Waals surface area contributed by atoms with Gasteiger partial charge in [-0.15, -0.1) is 0 Å². The molecule has 2 atom stereocenters. The van der Waals surface area contributed by atoms with Crippen LogP contribution in [0.2, 0.25) is 0 Å². The summed E-state index contributed by atoms with van der Waals surface area (Å²) in [6, 6.07) is 8.11. The molecular formula is C18H23NO3S. The number of hydrogen-bond donors (Lipinski definition) is 2. The Labute approximate surface area is 141 Å². The molecule has 1 aliphatic rings. The minimum Gasteiger partial charge on any atom is -0.490 e. The third-order valence-corrected chi connectivity index (χ3v) is 4.85. The van der Waals surface area contributed by atoms with Crippen LogP contribution in [0, 0.1) is 0 Å². The van der Waals surface area contributed by atoms with Gasteiger partial charge in [0.2, 0.25) is 0 Å². The van der Waals surface area contributed by atoms with E-state index >= 15 is 0 Å². The zero-order valence-corrected chi connectivity index (χ0v) is 14.4. The van der Waals surface area contributed by atoms with E-state index in [-0.39, 0.29) is 6.04 Å². The van der Waals surface area contributed by atoms with Crippen molar-refractivity contribution in [3.8, 4) is 11.5 Å². The van der Waals surface area contributed by atoms with Crippen LogP contribution in [0.4, 0.5) is 0 Å². The Hall–Kier alpha value is -1.56. The van der Waals surface area contributed by atoms with E-state index in [4.69, 9.17) is 9.47 Å². The first-order valence-electron chi connectivity index (χ1n) is 7.94. The molecule has 0 radical (unpaired) electrons. The van der Waals surface area contributed by atoms with Gasteiger partial charge in [0.1, 0.15) is 5.60 Å². The summed E-state index contributed by atoms with van der Waals surface area (Å²) in [5, 5.41) is 18.0. The summed E-state index contributed by atoms with van der Waals surface area (Å²) in [5.41, 5.74) is 1.19. The minimum atomic E-state index is -0.875. The molecule has 3 rings (SSSR count). The van der Waals surface area contributed by atoms with Crippen LogP contribution in [-0.2, 0) is 5.60 Å². The number of nitrogens with one attached hydrogen (secondary N) is 1. The summed E-state index contributed by atoms with van der Waals surface area (Å²) >= 11 is 1.60. The van der Waals surface area contributed by atoms with E-state index in [9.17, 15) is 5.11 Å². The molecule has 0 fully saturated rings. The number of benzene rings is 1. The molecule has 2 aromatic rings. The highest BCUT2D eigenvalue weighted by molar-refractivity contribution is 7.08. The van der Waals surface area contributed by atoms with Gasteiger partial charge in [-0.1, -0.05) is 6.07 Å². The van der Waals surface area contributed by atoms with Crippen LogP contribution < -0.4 is 14.8 Å². The van der Waals surface area contributed by atoms with Crippen molar-refractivity contribution in [2.75, 3.05) is 19.8 Å². The molecule has 1 aliphatic heterocycles. The fraction of sp³-hybridized carbons (Fsp3) is 0.444. The Balaban J connectivity index is 1.66. The number of rotatable bonds is 5. The van der Waals surface area contributed by atoms with Gasteiger partial charge >= 0.3 is 0 Å². The second kappa shape index (κ2) is 6.91. The largest absolute Gasteiger partial charge is 0.490 e. The fourth-order valence-electron chi connectivity index (χ4n) is 2.59. The quantitative estimate of drug-likeness (QED) is 0.880. The maximum atomic E-state index is 10.6. The summed E-state index contributed by atoms with van der Waals surface area (Å²) in [7, 11) is 0. The molecule has 0 unspecified atom stereocenters. The minimum absolute atomic E-state index is 0.109. The van der Waals surface area contributed by atoms with Crippen molar-refractivity contribution < 1.29 is 14.6 Å². The lowest BCUT2D eigenvalue weighted by atomic mass is 9.98. The molecule has 2 N–H and O–H groups in total. The van der Waals surface area contributed by atoms with E-state index in [1.54, 1.807) is 11.3 Å². The fourth-order valence-corrected chi connectivity index (χ4v) is 3.37. The summed E-state index contributed by atoms with van der Waals surface area (Å²) in [6.07, 6.45) is 0.904. The summed E-state index contributed by atoms with van der Waals surface area (Å²) in [6.45, 7) is 5.79. The van der Waals surface area contributed by atoms with Crippen molar-refractivity contribution in [1.82, 2.24) is 5.32 Å². The van der Waals surface area contributed by atoms with Crippen LogP contribution >= 0.6 is 11.3 Å². The molecule has 0 saturated heterocycles. The molecule has 5 heteroatoms. The van der Waals surface area contributed by atoms with E-state index in [0.29, 0.717) is 19.8 Å².